The van der Waals surface area contributed by atoms with Crippen molar-refractivity contribution in [3.05, 3.63) is 53.3 Å². The van der Waals surface area contributed by atoms with Gasteiger partial charge >= 0.3 is 0 Å². The van der Waals surface area contributed by atoms with Crippen LogP contribution >= 0.6 is 0 Å². The van der Waals surface area contributed by atoms with Gasteiger partial charge in [0.1, 0.15) is 5.82 Å². The predicted octanol–water partition coefficient (Wildman–Crippen LogP) is 2.40. The van der Waals surface area contributed by atoms with Gasteiger partial charge in [-0.15, -0.1) is 0 Å². The average molecular weight is 289 g/mol. The van der Waals surface area contributed by atoms with Gasteiger partial charge in [0, 0.05) is 18.5 Å². The molecule has 0 heterocycles. The fraction of sp³-hybridized carbons (Fsp3) is 0.133. The summed E-state index contributed by atoms with van der Waals surface area (Å²) in [5.74, 6) is -1.27. The van der Waals surface area contributed by atoms with Gasteiger partial charge in [0.05, 0.1) is 17.9 Å². The van der Waals surface area contributed by atoms with Crippen molar-refractivity contribution < 1.29 is 13.9 Å². The molecule has 6 heteroatoms. The van der Waals surface area contributed by atoms with E-state index < -0.39 is 11.7 Å². The molecule has 110 valence electrons. The lowest BCUT2D eigenvalue weighted by Gasteiger charge is -2.11. The number of primary amides is 1. The van der Waals surface area contributed by atoms with Crippen LogP contribution in [-0.2, 0) is 11.3 Å². The van der Waals surface area contributed by atoms with Crippen LogP contribution in [0, 0.1) is 5.82 Å². The summed E-state index contributed by atoms with van der Waals surface area (Å²) < 4.78 is 19.0. The number of methoxy groups -OCH3 is 1. The van der Waals surface area contributed by atoms with E-state index in [-0.39, 0.29) is 16.9 Å². The molecule has 0 saturated carbocycles. The SMILES string of the molecule is COCc1cccc(Nc2cc(C(N)=O)c(N)cc2F)c1. The zero-order chi connectivity index (χ0) is 15.4. The number of nitrogens with one attached hydrogen (secondary N) is 1. The van der Waals surface area contributed by atoms with E-state index in [9.17, 15) is 9.18 Å². The Balaban J connectivity index is 2.33. The number of anilines is 3. The van der Waals surface area contributed by atoms with Gasteiger partial charge in [0.2, 0.25) is 0 Å². The summed E-state index contributed by atoms with van der Waals surface area (Å²) in [5.41, 5.74) is 12.6. The van der Waals surface area contributed by atoms with Crippen LogP contribution in [0.25, 0.3) is 0 Å². The van der Waals surface area contributed by atoms with Crippen molar-refractivity contribution in [1.29, 1.82) is 0 Å². The summed E-state index contributed by atoms with van der Waals surface area (Å²) in [4.78, 5) is 11.3. The quantitative estimate of drug-likeness (QED) is 0.737. The van der Waals surface area contributed by atoms with E-state index >= 15 is 0 Å². The molecular formula is C15H16FN3O2. The lowest BCUT2D eigenvalue weighted by Crippen LogP contribution is -2.14. The van der Waals surface area contributed by atoms with Gasteiger partial charge in [-0.2, -0.15) is 0 Å². The number of carbonyl (C=O) groups excluding carboxylic acids is 1. The van der Waals surface area contributed by atoms with Gasteiger partial charge < -0.3 is 21.5 Å². The van der Waals surface area contributed by atoms with Gasteiger partial charge in [0.25, 0.3) is 5.91 Å². The second kappa shape index (κ2) is 6.23. The minimum Gasteiger partial charge on any atom is -0.398 e. The van der Waals surface area contributed by atoms with Crippen molar-refractivity contribution in [2.75, 3.05) is 18.2 Å². The average Bonchev–Trinajstić information content (AvgIpc) is 2.42. The van der Waals surface area contributed by atoms with Crippen molar-refractivity contribution in [2.24, 2.45) is 5.73 Å². The second-order valence-corrected chi connectivity index (χ2v) is 4.54. The summed E-state index contributed by atoms with van der Waals surface area (Å²) in [6.45, 7) is 0.451. The Labute approximate surface area is 121 Å². The van der Waals surface area contributed by atoms with E-state index in [2.05, 4.69) is 5.32 Å². The maximum Gasteiger partial charge on any atom is 0.250 e. The monoisotopic (exact) mass is 289 g/mol. The fourth-order valence-corrected chi connectivity index (χ4v) is 1.96. The molecule has 0 aliphatic heterocycles. The summed E-state index contributed by atoms with van der Waals surface area (Å²) >= 11 is 0. The lowest BCUT2D eigenvalue weighted by molar-refractivity contribution is 0.100. The third-order valence-corrected chi connectivity index (χ3v) is 2.92. The number of carbonyl (C=O) groups is 1. The van der Waals surface area contributed by atoms with Gasteiger partial charge in [-0.25, -0.2) is 4.39 Å². The number of amides is 1. The highest BCUT2D eigenvalue weighted by atomic mass is 19.1. The topological polar surface area (TPSA) is 90.4 Å². The molecule has 0 radical (unpaired) electrons. The Hall–Kier alpha value is -2.60. The summed E-state index contributed by atoms with van der Waals surface area (Å²) in [6.07, 6.45) is 0. The maximum atomic E-state index is 13.9. The third-order valence-electron chi connectivity index (χ3n) is 2.92. The van der Waals surface area contributed by atoms with Crippen LogP contribution < -0.4 is 16.8 Å². The molecule has 0 bridgehead atoms. The summed E-state index contributed by atoms with van der Waals surface area (Å²) in [6, 6.07) is 9.68. The Morgan fingerprint density at radius 1 is 1.33 bits per heavy atom. The third kappa shape index (κ3) is 3.49. The molecule has 0 aliphatic carbocycles. The zero-order valence-electron chi connectivity index (χ0n) is 11.5. The van der Waals surface area contributed by atoms with Crippen LogP contribution in [-0.4, -0.2) is 13.0 Å². The first-order chi connectivity index (χ1) is 10.0. The number of hydrogen-bond acceptors (Lipinski definition) is 4. The first-order valence-corrected chi connectivity index (χ1v) is 6.25. The molecule has 0 saturated heterocycles. The number of nitrogen functional groups attached to an aromatic ring is 1. The van der Waals surface area contributed by atoms with E-state index in [1.54, 1.807) is 13.2 Å². The Morgan fingerprint density at radius 3 is 2.76 bits per heavy atom. The molecule has 2 rings (SSSR count). The van der Waals surface area contributed by atoms with Crippen molar-refractivity contribution >= 4 is 23.0 Å². The first kappa shape index (κ1) is 14.8. The summed E-state index contributed by atoms with van der Waals surface area (Å²) in [7, 11) is 1.60. The molecule has 0 aliphatic rings. The van der Waals surface area contributed by atoms with Gasteiger partial charge in [-0.1, -0.05) is 12.1 Å². The van der Waals surface area contributed by atoms with E-state index in [1.165, 1.54) is 6.07 Å². The van der Waals surface area contributed by atoms with E-state index in [0.29, 0.717) is 12.3 Å². The fourth-order valence-electron chi connectivity index (χ4n) is 1.96. The molecule has 2 aromatic rings. The van der Waals surface area contributed by atoms with Crippen LogP contribution in [0.3, 0.4) is 0 Å². The highest BCUT2D eigenvalue weighted by molar-refractivity contribution is 5.99. The number of nitrogens with two attached hydrogens (primary N) is 2. The number of hydrogen-bond donors (Lipinski definition) is 3. The second-order valence-electron chi connectivity index (χ2n) is 4.54. The van der Waals surface area contributed by atoms with Crippen molar-refractivity contribution in [3.8, 4) is 0 Å². The lowest BCUT2D eigenvalue weighted by atomic mass is 10.1. The van der Waals surface area contributed by atoms with E-state index in [4.69, 9.17) is 16.2 Å². The molecule has 0 unspecified atom stereocenters. The predicted molar refractivity (Wildman–Crippen MR) is 79.8 cm³/mol. The Kier molecular flexibility index (Phi) is 4.39. The van der Waals surface area contributed by atoms with Gasteiger partial charge in [-0.05, 0) is 29.8 Å². The molecule has 0 atom stereocenters. The van der Waals surface area contributed by atoms with Crippen LogP contribution in [0.5, 0.6) is 0 Å². The van der Waals surface area contributed by atoms with Crippen molar-refractivity contribution in [1.82, 2.24) is 0 Å². The molecule has 0 fully saturated rings. The summed E-state index contributed by atoms with van der Waals surface area (Å²) in [5, 5.41) is 2.90. The van der Waals surface area contributed by atoms with Crippen LogP contribution in [0.2, 0.25) is 0 Å². The van der Waals surface area contributed by atoms with Crippen LogP contribution in [0.15, 0.2) is 36.4 Å². The highest BCUT2D eigenvalue weighted by Crippen LogP contribution is 2.25. The minimum atomic E-state index is -0.705. The van der Waals surface area contributed by atoms with Gasteiger partial charge in [0.15, 0.2) is 0 Å². The van der Waals surface area contributed by atoms with Crippen LogP contribution in [0.4, 0.5) is 21.5 Å². The standard InChI is InChI=1S/C15H16FN3O2/c1-21-8-9-3-2-4-10(5-9)19-14-6-11(15(18)20)13(17)7-12(14)16/h2-7,19H,8,17H2,1H3,(H2,18,20). The molecule has 0 spiro atoms. The number of benzene rings is 2. The molecule has 2 aromatic carbocycles. The zero-order valence-corrected chi connectivity index (χ0v) is 11.5. The molecule has 1 amide bonds. The molecule has 0 aromatic heterocycles. The van der Waals surface area contributed by atoms with E-state index in [1.807, 2.05) is 18.2 Å². The molecule has 5 N–H and O–H groups in total. The van der Waals surface area contributed by atoms with Gasteiger partial charge in [-0.3, -0.25) is 4.79 Å². The first-order valence-electron chi connectivity index (χ1n) is 6.25. The Bertz CT molecular complexity index is 674. The van der Waals surface area contributed by atoms with Crippen molar-refractivity contribution in [3.63, 3.8) is 0 Å². The minimum absolute atomic E-state index is 0.0127. The van der Waals surface area contributed by atoms with Crippen molar-refractivity contribution in [2.45, 2.75) is 6.61 Å². The Morgan fingerprint density at radius 2 is 2.10 bits per heavy atom. The molecule has 21 heavy (non-hydrogen) atoms. The molecular weight excluding hydrogens is 273 g/mol. The molecule has 5 nitrogen and oxygen atoms in total. The maximum absolute atomic E-state index is 13.9. The van der Waals surface area contributed by atoms with E-state index in [0.717, 1.165) is 11.6 Å². The normalized spacial score (nSPS) is 10.4. The smallest absolute Gasteiger partial charge is 0.250 e. The number of ether oxygens (including phenoxy) is 1. The van der Waals surface area contributed by atoms with Crippen LogP contribution in [0.1, 0.15) is 15.9 Å². The largest absolute Gasteiger partial charge is 0.398 e. The number of halogens is 1. The number of rotatable bonds is 5. The highest BCUT2D eigenvalue weighted by Gasteiger charge is 2.12.